The van der Waals surface area contributed by atoms with E-state index in [0.29, 0.717) is 24.3 Å². The molecule has 0 radical (unpaired) electrons. The summed E-state index contributed by atoms with van der Waals surface area (Å²) >= 11 is 0.686. The highest BCUT2D eigenvalue weighted by Gasteiger charge is 2.49. The summed E-state index contributed by atoms with van der Waals surface area (Å²) in [5.41, 5.74) is 2.70. The summed E-state index contributed by atoms with van der Waals surface area (Å²) in [6.45, 7) is 1.13. The molecule has 0 aliphatic carbocycles. The number of aromatic nitrogens is 3. The molecule has 2 atom stereocenters. The Bertz CT molecular complexity index is 2100. The smallest absolute Gasteiger partial charge is 0.417 e. The second kappa shape index (κ2) is 11.8. The highest BCUT2D eigenvalue weighted by molar-refractivity contribution is 7.23. The van der Waals surface area contributed by atoms with Crippen molar-refractivity contribution in [3.63, 3.8) is 0 Å². The Balaban J connectivity index is 1.45. The topological polar surface area (TPSA) is 104 Å². The monoisotopic (exact) mass is 683 g/mol. The number of fused-ring (bicyclic) bond motifs is 3. The van der Waals surface area contributed by atoms with Crippen LogP contribution in [0.5, 0.6) is 6.01 Å². The van der Waals surface area contributed by atoms with Gasteiger partial charge in [-0.3, -0.25) is 9.88 Å². The minimum absolute atomic E-state index is 0.000158. The Morgan fingerprint density at radius 3 is 2.69 bits per heavy atom. The van der Waals surface area contributed by atoms with Crippen LogP contribution >= 0.6 is 11.3 Å². The van der Waals surface area contributed by atoms with E-state index in [9.17, 15) is 27.2 Å². The summed E-state index contributed by atoms with van der Waals surface area (Å²) in [4.78, 5) is 16.3. The van der Waals surface area contributed by atoms with E-state index in [1.54, 1.807) is 36.5 Å². The zero-order valence-corrected chi connectivity index (χ0v) is 26.2. The molecule has 5 aromatic rings. The first kappa shape index (κ1) is 31.9. The first-order valence-corrected chi connectivity index (χ1v) is 15.9. The lowest BCUT2D eigenvalue weighted by molar-refractivity contribution is -0.137. The van der Waals surface area contributed by atoms with Crippen LogP contribution in [0, 0.1) is 23.0 Å². The zero-order valence-electron chi connectivity index (χ0n) is 25.4. The molecule has 2 saturated heterocycles. The minimum atomic E-state index is -5.09. The van der Waals surface area contributed by atoms with Crippen LogP contribution in [0.4, 0.5) is 37.2 Å². The summed E-state index contributed by atoms with van der Waals surface area (Å²) in [5.74, 6) is -2.22. The highest BCUT2D eigenvalue weighted by Crippen LogP contribution is 2.48. The zero-order chi connectivity index (χ0) is 34.0. The van der Waals surface area contributed by atoms with Gasteiger partial charge in [-0.15, -0.1) is 11.3 Å². The molecule has 2 N–H and O–H groups in total. The third kappa shape index (κ3) is 5.32. The molecule has 2 unspecified atom stereocenters. The summed E-state index contributed by atoms with van der Waals surface area (Å²) in [5, 5.41) is 9.19. The van der Waals surface area contributed by atoms with Gasteiger partial charge in [0.2, 0.25) is 0 Å². The van der Waals surface area contributed by atoms with Crippen molar-refractivity contribution in [1.29, 1.82) is 5.26 Å². The lowest BCUT2D eigenvalue weighted by Crippen LogP contribution is -2.43. The van der Waals surface area contributed by atoms with E-state index in [1.165, 1.54) is 0 Å². The van der Waals surface area contributed by atoms with Gasteiger partial charge in [-0.2, -0.15) is 28.4 Å². The summed E-state index contributed by atoms with van der Waals surface area (Å²) in [7, 11) is 1.59. The number of ether oxygens (including phenoxy) is 1. The third-order valence-electron chi connectivity index (χ3n) is 9.16. The SMILES string of the molecule is CN(Cc1ccncc1)c1nc(OCC23CCCN2CC(F)C3)nc2c(F)c(-c3ccc(F)c4sc(N)c(C#N)c34)c(C(F)(F)F)cc12. The van der Waals surface area contributed by atoms with Gasteiger partial charge in [0.15, 0.2) is 5.82 Å². The Morgan fingerprint density at radius 2 is 1.96 bits per heavy atom. The number of hydrogen-bond donors (Lipinski definition) is 1. The van der Waals surface area contributed by atoms with Gasteiger partial charge in [-0.1, -0.05) is 6.07 Å². The minimum Gasteiger partial charge on any atom is -0.461 e. The van der Waals surface area contributed by atoms with E-state index in [-0.39, 0.29) is 69.5 Å². The highest BCUT2D eigenvalue weighted by atomic mass is 32.1. The van der Waals surface area contributed by atoms with Gasteiger partial charge in [0.05, 0.1) is 21.4 Å². The van der Waals surface area contributed by atoms with Crippen LogP contribution in [0.15, 0.2) is 42.7 Å². The molecule has 15 heteroatoms. The standard InChI is InChI=1S/C33H27F6N7OS/c1-45(14-17-5-8-42-9-6-17)30-20-11-22(33(37,38)39)25(19-3-4-23(35)28-24(19)21(13-40)29(41)48-28)26(36)27(20)43-31(44-30)47-16-32-7-2-10-46(32)15-18(34)12-32/h3-6,8-9,11,18H,2,7,10,12,14-16,41H2,1H3. The molecule has 2 aliphatic rings. The maximum Gasteiger partial charge on any atom is 0.417 e. The Labute approximate surface area is 274 Å². The fraction of sp³-hybridized carbons (Fsp3) is 0.333. The van der Waals surface area contributed by atoms with Gasteiger partial charge in [0.25, 0.3) is 0 Å². The van der Waals surface area contributed by atoms with Crippen molar-refractivity contribution < 1.29 is 31.1 Å². The summed E-state index contributed by atoms with van der Waals surface area (Å²) in [6, 6.07) is 7.63. The van der Waals surface area contributed by atoms with Crippen LogP contribution in [-0.4, -0.2) is 58.3 Å². The van der Waals surface area contributed by atoms with E-state index >= 15 is 4.39 Å². The van der Waals surface area contributed by atoms with E-state index < -0.39 is 46.2 Å². The molecular formula is C33H27F6N7OS. The van der Waals surface area contributed by atoms with Gasteiger partial charge in [0, 0.05) is 55.3 Å². The maximum absolute atomic E-state index is 16.9. The number of nitrogens with zero attached hydrogens (tertiary/aromatic N) is 6. The molecule has 0 amide bonds. The maximum atomic E-state index is 16.9. The number of alkyl halides is 4. The van der Waals surface area contributed by atoms with Crippen molar-refractivity contribution >= 4 is 43.1 Å². The Kier molecular flexibility index (Phi) is 7.83. The number of rotatable bonds is 7. The fourth-order valence-corrected chi connectivity index (χ4v) is 7.98. The molecule has 0 bridgehead atoms. The molecule has 248 valence electrons. The molecule has 3 aromatic heterocycles. The number of nitrogen functional groups attached to an aromatic ring is 1. The lowest BCUT2D eigenvalue weighted by atomic mass is 9.92. The fourth-order valence-electron chi connectivity index (χ4n) is 7.03. The second-order valence-electron chi connectivity index (χ2n) is 12.2. The largest absolute Gasteiger partial charge is 0.461 e. The van der Waals surface area contributed by atoms with Crippen LogP contribution in [0.2, 0.25) is 0 Å². The third-order valence-corrected chi connectivity index (χ3v) is 10.2. The average molecular weight is 684 g/mol. The van der Waals surface area contributed by atoms with E-state index in [4.69, 9.17) is 10.5 Å². The number of halogens is 6. The molecule has 0 saturated carbocycles. The Hall–Kier alpha value is -4.68. The molecule has 2 aromatic carbocycles. The van der Waals surface area contributed by atoms with Gasteiger partial charge in [-0.05, 0) is 54.8 Å². The average Bonchev–Trinajstić information content (AvgIpc) is 3.69. The first-order valence-electron chi connectivity index (χ1n) is 15.0. The predicted octanol–water partition coefficient (Wildman–Crippen LogP) is 7.25. The number of thiophene rings is 1. The van der Waals surface area contributed by atoms with E-state index in [2.05, 4.69) is 15.0 Å². The first-order chi connectivity index (χ1) is 22.9. The van der Waals surface area contributed by atoms with E-state index in [0.717, 1.165) is 30.2 Å². The summed E-state index contributed by atoms with van der Waals surface area (Å²) < 4.78 is 96.7. The molecule has 8 nitrogen and oxygen atoms in total. The van der Waals surface area contributed by atoms with Crippen LogP contribution in [0.25, 0.3) is 32.1 Å². The molecule has 2 aliphatic heterocycles. The quantitative estimate of drug-likeness (QED) is 0.179. The van der Waals surface area contributed by atoms with Crippen molar-refractivity contribution in [3.8, 4) is 23.2 Å². The van der Waals surface area contributed by atoms with Crippen molar-refractivity contribution in [2.24, 2.45) is 0 Å². The molecule has 0 spiro atoms. The normalized spacial score (nSPS) is 19.6. The summed E-state index contributed by atoms with van der Waals surface area (Å²) in [6.07, 6.45) is -1.24. The number of nitriles is 1. The van der Waals surface area contributed by atoms with Crippen molar-refractivity contribution in [1.82, 2.24) is 19.9 Å². The van der Waals surface area contributed by atoms with Gasteiger partial charge < -0.3 is 15.4 Å². The van der Waals surface area contributed by atoms with Crippen LogP contribution in [0.1, 0.15) is 36.0 Å². The number of nitrogens with two attached hydrogens (primary N) is 1. The van der Waals surface area contributed by atoms with Crippen molar-refractivity contribution in [3.05, 3.63) is 71.1 Å². The molecule has 2 fully saturated rings. The Morgan fingerprint density at radius 1 is 1.19 bits per heavy atom. The number of anilines is 2. The molecule has 48 heavy (non-hydrogen) atoms. The second-order valence-corrected chi connectivity index (χ2v) is 13.2. The van der Waals surface area contributed by atoms with Crippen LogP contribution in [-0.2, 0) is 12.7 Å². The van der Waals surface area contributed by atoms with Crippen LogP contribution in [0.3, 0.4) is 0 Å². The molecular weight excluding hydrogens is 656 g/mol. The molecule has 5 heterocycles. The lowest BCUT2D eigenvalue weighted by Gasteiger charge is -2.31. The number of pyridine rings is 1. The van der Waals surface area contributed by atoms with Crippen molar-refractivity contribution in [2.75, 3.05) is 37.4 Å². The molecule has 7 rings (SSSR count). The number of benzene rings is 2. The number of hydrogen-bond acceptors (Lipinski definition) is 9. The van der Waals surface area contributed by atoms with E-state index in [1.807, 2.05) is 11.0 Å². The van der Waals surface area contributed by atoms with Gasteiger partial charge in [0.1, 0.15) is 41.0 Å². The predicted molar refractivity (Wildman–Crippen MR) is 169 cm³/mol. The van der Waals surface area contributed by atoms with Gasteiger partial charge >= 0.3 is 12.2 Å². The van der Waals surface area contributed by atoms with Crippen molar-refractivity contribution in [2.45, 2.75) is 43.7 Å². The van der Waals surface area contributed by atoms with Crippen LogP contribution < -0.4 is 15.4 Å². The van der Waals surface area contributed by atoms with Gasteiger partial charge in [-0.25, -0.2) is 13.2 Å².